The van der Waals surface area contributed by atoms with Gasteiger partial charge in [0, 0.05) is 0 Å². The van der Waals surface area contributed by atoms with Crippen molar-refractivity contribution in [3.63, 3.8) is 0 Å². The van der Waals surface area contributed by atoms with Gasteiger partial charge in [0.2, 0.25) is 0 Å². The smallest absolute Gasteiger partial charge is 0.0659 e. The molecule has 0 radical (unpaired) electrons. The summed E-state index contributed by atoms with van der Waals surface area (Å²) in [7, 11) is 1.87. The molecule has 0 rings (SSSR count). The van der Waals surface area contributed by atoms with E-state index in [9.17, 15) is 0 Å². The summed E-state index contributed by atoms with van der Waals surface area (Å²) in [4.78, 5) is 0. The van der Waals surface area contributed by atoms with Crippen LogP contribution in [0, 0.1) is 11.8 Å². The van der Waals surface area contributed by atoms with Crippen molar-refractivity contribution in [2.24, 2.45) is 5.73 Å². The van der Waals surface area contributed by atoms with Crippen LogP contribution in [0.25, 0.3) is 0 Å². The van der Waals surface area contributed by atoms with Crippen molar-refractivity contribution in [2.75, 3.05) is 13.6 Å². The zero-order valence-electron chi connectivity index (χ0n) is 5.77. The van der Waals surface area contributed by atoms with E-state index in [1.54, 1.807) is 0 Å². The fraction of sp³-hybridized carbons (Fsp3) is 0.667. The number of hydrogen-bond acceptors (Lipinski definition) is 2. The Balaban J connectivity index is 0. The van der Waals surface area contributed by atoms with Crippen molar-refractivity contribution >= 4 is 12.4 Å². The highest BCUT2D eigenvalue weighted by molar-refractivity contribution is 5.85. The second-order valence-corrected chi connectivity index (χ2v) is 1.54. The largest absolute Gasteiger partial charge is 0.320 e. The van der Waals surface area contributed by atoms with E-state index in [4.69, 9.17) is 5.73 Å². The minimum Gasteiger partial charge on any atom is -0.320 e. The van der Waals surface area contributed by atoms with Crippen molar-refractivity contribution in [3.8, 4) is 11.8 Å². The molecule has 2 nitrogen and oxygen atoms in total. The summed E-state index contributed by atoms with van der Waals surface area (Å²) in [5.41, 5.74) is 5.13. The zero-order chi connectivity index (χ0) is 6.41. The van der Waals surface area contributed by atoms with Gasteiger partial charge in [0.25, 0.3) is 0 Å². The van der Waals surface area contributed by atoms with E-state index < -0.39 is 0 Å². The first-order chi connectivity index (χ1) is 3.81. The monoisotopic (exact) mass is 148 g/mol. The minimum atomic E-state index is 0. The van der Waals surface area contributed by atoms with E-state index in [0.29, 0.717) is 6.54 Å². The molecule has 0 saturated heterocycles. The molecular formula is C6H13ClN2. The summed E-state index contributed by atoms with van der Waals surface area (Å²) >= 11 is 0. The number of rotatable bonds is 1. The molecule has 1 unspecified atom stereocenters. The first-order valence-corrected chi connectivity index (χ1v) is 2.67. The molecule has 0 aliphatic rings. The highest BCUT2D eigenvalue weighted by atomic mass is 35.5. The molecule has 0 aliphatic carbocycles. The fourth-order valence-electron chi connectivity index (χ4n) is 0.284. The highest BCUT2D eigenvalue weighted by Crippen LogP contribution is 1.70. The summed E-state index contributed by atoms with van der Waals surface area (Å²) in [6, 6.07) is 0.263. The molecule has 0 spiro atoms. The van der Waals surface area contributed by atoms with Gasteiger partial charge in [-0.1, -0.05) is 11.8 Å². The summed E-state index contributed by atoms with van der Waals surface area (Å²) in [6.45, 7) is 2.44. The van der Waals surface area contributed by atoms with Crippen molar-refractivity contribution in [1.82, 2.24) is 5.32 Å². The third-order valence-corrected chi connectivity index (χ3v) is 0.854. The number of halogens is 1. The number of nitrogens with one attached hydrogen (secondary N) is 1. The van der Waals surface area contributed by atoms with Crippen LogP contribution in [0.2, 0.25) is 0 Å². The maximum atomic E-state index is 5.13. The van der Waals surface area contributed by atoms with E-state index in [-0.39, 0.29) is 18.4 Å². The average Bonchev–Trinajstić information content (AvgIpc) is 1.83. The first-order valence-electron chi connectivity index (χ1n) is 2.67. The Bertz CT molecular complexity index is 103. The lowest BCUT2D eigenvalue weighted by atomic mass is 10.3. The van der Waals surface area contributed by atoms with Crippen LogP contribution in [0.15, 0.2) is 0 Å². The predicted molar refractivity (Wildman–Crippen MR) is 42.6 cm³/mol. The van der Waals surface area contributed by atoms with Crippen LogP contribution >= 0.6 is 12.4 Å². The van der Waals surface area contributed by atoms with Gasteiger partial charge in [-0.2, -0.15) is 0 Å². The van der Waals surface area contributed by atoms with Gasteiger partial charge in [0.05, 0.1) is 12.6 Å². The van der Waals surface area contributed by atoms with Crippen LogP contribution in [0.4, 0.5) is 0 Å². The number of nitrogens with two attached hydrogens (primary N) is 1. The van der Waals surface area contributed by atoms with E-state index in [2.05, 4.69) is 17.2 Å². The molecule has 0 amide bonds. The standard InChI is InChI=1S/C6H12N2.ClH/c1-6(8-2)4-3-5-7;/h6,8H,5,7H2,1-2H3;1H. The van der Waals surface area contributed by atoms with Gasteiger partial charge < -0.3 is 11.1 Å². The second kappa shape index (κ2) is 7.77. The third-order valence-electron chi connectivity index (χ3n) is 0.854. The summed E-state index contributed by atoms with van der Waals surface area (Å²) in [6.07, 6.45) is 0. The Morgan fingerprint density at radius 3 is 2.56 bits per heavy atom. The molecule has 0 aromatic heterocycles. The van der Waals surface area contributed by atoms with Gasteiger partial charge in [0.1, 0.15) is 0 Å². The Hall–Kier alpha value is -0.230. The van der Waals surface area contributed by atoms with Crippen LogP contribution < -0.4 is 11.1 Å². The van der Waals surface area contributed by atoms with Gasteiger partial charge in [0.15, 0.2) is 0 Å². The van der Waals surface area contributed by atoms with Gasteiger partial charge in [-0.3, -0.25) is 0 Å². The fourth-order valence-corrected chi connectivity index (χ4v) is 0.284. The highest BCUT2D eigenvalue weighted by Gasteiger charge is 1.84. The lowest BCUT2D eigenvalue weighted by Gasteiger charge is -1.96. The van der Waals surface area contributed by atoms with Crippen LogP contribution in [-0.4, -0.2) is 19.6 Å². The van der Waals surface area contributed by atoms with Gasteiger partial charge in [-0.05, 0) is 14.0 Å². The van der Waals surface area contributed by atoms with E-state index in [1.807, 2.05) is 14.0 Å². The third kappa shape index (κ3) is 7.77. The lowest BCUT2D eigenvalue weighted by Crippen LogP contribution is -2.18. The Kier molecular flexibility index (Phi) is 9.97. The normalized spacial score (nSPS) is 10.6. The maximum absolute atomic E-state index is 5.13. The molecule has 3 N–H and O–H groups in total. The molecule has 0 heterocycles. The minimum absolute atomic E-state index is 0. The summed E-state index contributed by atoms with van der Waals surface area (Å²) in [5.74, 6) is 5.66. The quantitative estimate of drug-likeness (QED) is 0.513. The second-order valence-electron chi connectivity index (χ2n) is 1.54. The van der Waals surface area contributed by atoms with E-state index in [1.165, 1.54) is 0 Å². The maximum Gasteiger partial charge on any atom is 0.0659 e. The van der Waals surface area contributed by atoms with Crippen LogP contribution in [0.1, 0.15) is 6.92 Å². The summed E-state index contributed by atoms with van der Waals surface area (Å²) < 4.78 is 0. The SMILES string of the molecule is CNC(C)C#CCN.Cl. The van der Waals surface area contributed by atoms with Gasteiger partial charge in [-0.25, -0.2) is 0 Å². The number of hydrogen-bond donors (Lipinski definition) is 2. The lowest BCUT2D eigenvalue weighted by molar-refractivity contribution is 0.749. The Morgan fingerprint density at radius 2 is 2.22 bits per heavy atom. The Morgan fingerprint density at radius 1 is 1.67 bits per heavy atom. The van der Waals surface area contributed by atoms with Crippen molar-refractivity contribution < 1.29 is 0 Å². The molecule has 0 aromatic rings. The topological polar surface area (TPSA) is 38.0 Å². The van der Waals surface area contributed by atoms with Gasteiger partial charge >= 0.3 is 0 Å². The predicted octanol–water partition coefficient (Wildman–Crippen LogP) is -0.0218. The van der Waals surface area contributed by atoms with E-state index >= 15 is 0 Å². The average molecular weight is 149 g/mol. The van der Waals surface area contributed by atoms with E-state index in [0.717, 1.165) is 0 Å². The molecule has 0 saturated carbocycles. The molecule has 54 valence electrons. The van der Waals surface area contributed by atoms with Crippen LogP contribution in [-0.2, 0) is 0 Å². The first kappa shape index (κ1) is 11.6. The molecule has 0 aromatic carbocycles. The molecule has 0 bridgehead atoms. The van der Waals surface area contributed by atoms with Crippen molar-refractivity contribution in [2.45, 2.75) is 13.0 Å². The van der Waals surface area contributed by atoms with Crippen LogP contribution in [0.3, 0.4) is 0 Å². The van der Waals surface area contributed by atoms with Crippen molar-refractivity contribution in [1.29, 1.82) is 0 Å². The summed E-state index contributed by atoms with van der Waals surface area (Å²) in [5, 5.41) is 2.97. The molecule has 0 aliphatic heterocycles. The molecule has 3 heteroatoms. The van der Waals surface area contributed by atoms with Gasteiger partial charge in [-0.15, -0.1) is 12.4 Å². The van der Waals surface area contributed by atoms with Crippen molar-refractivity contribution in [3.05, 3.63) is 0 Å². The molecular weight excluding hydrogens is 136 g/mol. The molecule has 1 atom stereocenters. The molecule has 0 fully saturated rings. The zero-order valence-corrected chi connectivity index (χ0v) is 6.59. The molecule has 9 heavy (non-hydrogen) atoms. The van der Waals surface area contributed by atoms with Crippen LogP contribution in [0.5, 0.6) is 0 Å². The Labute approximate surface area is 62.6 Å².